The summed E-state index contributed by atoms with van der Waals surface area (Å²) in [6.07, 6.45) is -7.54. The van der Waals surface area contributed by atoms with Gasteiger partial charge in [0.1, 0.15) is 12.2 Å². The molecule has 4 saturated heterocycles. The molecule has 6 fully saturated rings. The van der Waals surface area contributed by atoms with Crippen LogP contribution in [0.5, 0.6) is 0 Å². The van der Waals surface area contributed by atoms with Crippen molar-refractivity contribution in [3.05, 3.63) is 71.3 Å². The van der Waals surface area contributed by atoms with Crippen LogP contribution >= 0.6 is 0 Å². The number of rotatable bonds is 4. The van der Waals surface area contributed by atoms with Gasteiger partial charge in [0, 0.05) is 11.1 Å². The van der Waals surface area contributed by atoms with Crippen LogP contribution in [0.3, 0.4) is 0 Å². The Kier molecular flexibility index (Phi) is 5.61. The summed E-state index contributed by atoms with van der Waals surface area (Å²) in [5.74, 6) is -5.89. The van der Waals surface area contributed by atoms with Crippen LogP contribution < -0.4 is 0 Å². The highest BCUT2D eigenvalue weighted by Gasteiger charge is 3.04. The first-order valence-corrected chi connectivity index (χ1v) is 15.3. The highest BCUT2D eigenvalue weighted by atomic mass is 16.8. The summed E-state index contributed by atoms with van der Waals surface area (Å²) in [6, 6.07) is 14.4. The second-order valence-electron chi connectivity index (χ2n) is 14.3. The van der Waals surface area contributed by atoms with Gasteiger partial charge in [-0.2, -0.15) is 0 Å². The molecule has 2 N–H and O–H groups in total. The summed E-state index contributed by atoms with van der Waals surface area (Å²) in [6.45, 7) is 7.06. The quantitative estimate of drug-likeness (QED) is 0.285. The zero-order chi connectivity index (χ0) is 32.8. The lowest BCUT2D eigenvalue weighted by molar-refractivity contribution is -0.239. The molecule has 5 unspecified atom stereocenters. The highest BCUT2D eigenvalue weighted by molar-refractivity contribution is 6.09. The summed E-state index contributed by atoms with van der Waals surface area (Å²) in [4.78, 5) is 67.1. The molecule has 2 spiro atoms. The van der Waals surface area contributed by atoms with Crippen molar-refractivity contribution < 1.29 is 57.9 Å². The molecule has 2 aromatic rings. The standard InChI is InChI=1S/C34H32O12/c1-15-25(37)43-23-22(36)32-20-14-19(30(2,3)4)31(32)24(27(39)45-29(31)46-34(32,28(40)42-20)33(15,23)41)44-26(38)18-12-10-17(11-13-18)21(35)16-8-6-5-7-9-16/h5-13,15,19-20,22-24,29,36,41H,14H2,1-4H3/t15-,19+,20?,22+,23?,24+,29?,31?,32+,33-,34?/m1/s1. The molecule has 2 aliphatic carbocycles. The normalized spacial score (nSPS) is 42.9. The SMILES string of the molecule is C[C@@H]1C(=O)OC2[C@H](O)[C@@]34C5C[C@@H](C(C)(C)C)C36C(OC(=O)[C@@H]6OC(=O)c3ccc(C(=O)c6ccccc6)cc3)OC4(C(=O)O5)[C@]21O. The van der Waals surface area contributed by atoms with Crippen LogP contribution in [0.25, 0.3) is 0 Å². The van der Waals surface area contributed by atoms with Crippen molar-refractivity contribution in [1.82, 2.24) is 0 Å². The number of carbonyl (C=O) groups excluding carboxylic acids is 5. The van der Waals surface area contributed by atoms with Gasteiger partial charge in [0.15, 0.2) is 17.5 Å². The third kappa shape index (κ3) is 2.91. The zero-order valence-corrected chi connectivity index (χ0v) is 25.4. The number of ketones is 1. The van der Waals surface area contributed by atoms with E-state index in [1.165, 1.54) is 31.2 Å². The molecule has 0 bridgehead atoms. The molecular weight excluding hydrogens is 600 g/mol. The molecule has 12 heteroatoms. The van der Waals surface area contributed by atoms with E-state index in [1.54, 1.807) is 30.3 Å². The van der Waals surface area contributed by atoms with Crippen LogP contribution in [0.2, 0.25) is 0 Å². The summed E-state index contributed by atoms with van der Waals surface area (Å²) >= 11 is 0. The van der Waals surface area contributed by atoms with E-state index in [9.17, 15) is 34.2 Å². The van der Waals surface area contributed by atoms with Gasteiger partial charge in [0.25, 0.3) is 0 Å². The zero-order valence-electron chi connectivity index (χ0n) is 25.4. The molecule has 2 saturated carbocycles. The van der Waals surface area contributed by atoms with E-state index < -0.39 is 93.9 Å². The van der Waals surface area contributed by atoms with Gasteiger partial charge >= 0.3 is 23.9 Å². The third-order valence-corrected chi connectivity index (χ3v) is 11.6. The number of benzene rings is 2. The first-order chi connectivity index (χ1) is 21.7. The highest BCUT2D eigenvalue weighted by Crippen LogP contribution is 2.84. The van der Waals surface area contributed by atoms with E-state index in [0.29, 0.717) is 11.1 Å². The van der Waals surface area contributed by atoms with Crippen molar-refractivity contribution >= 4 is 29.7 Å². The van der Waals surface area contributed by atoms with E-state index in [0.717, 1.165) is 0 Å². The lowest BCUT2D eigenvalue weighted by Gasteiger charge is -2.48. The monoisotopic (exact) mass is 632 g/mol. The Hall–Kier alpha value is -4.13. The molecule has 2 aromatic carbocycles. The molecule has 0 radical (unpaired) electrons. The maximum atomic E-state index is 13.9. The van der Waals surface area contributed by atoms with Crippen LogP contribution in [0.1, 0.15) is 60.4 Å². The number of hydrogen-bond acceptors (Lipinski definition) is 12. The first kappa shape index (κ1) is 29.3. The predicted octanol–water partition coefficient (Wildman–Crippen LogP) is 1.73. The van der Waals surface area contributed by atoms with Crippen molar-refractivity contribution in [1.29, 1.82) is 0 Å². The summed E-state index contributed by atoms with van der Waals surface area (Å²) in [5.41, 5.74) is -8.19. The minimum Gasteiger partial charge on any atom is -0.459 e. The molecule has 8 rings (SSSR count). The van der Waals surface area contributed by atoms with Gasteiger partial charge in [-0.1, -0.05) is 63.2 Å². The second-order valence-corrected chi connectivity index (χ2v) is 14.3. The molecule has 6 aliphatic rings. The molecular formula is C34H32O12. The van der Waals surface area contributed by atoms with Crippen molar-refractivity contribution in [2.75, 3.05) is 0 Å². The molecule has 4 heterocycles. The fraction of sp³-hybridized carbons (Fsp3) is 0.500. The van der Waals surface area contributed by atoms with Gasteiger partial charge in [0.05, 0.1) is 22.3 Å². The fourth-order valence-corrected chi connectivity index (χ4v) is 9.93. The molecule has 11 atom stereocenters. The Bertz CT molecular complexity index is 1730. The maximum Gasteiger partial charge on any atom is 0.350 e. The van der Waals surface area contributed by atoms with E-state index in [2.05, 4.69) is 0 Å². The lowest BCUT2D eigenvalue weighted by Crippen LogP contribution is -2.67. The van der Waals surface area contributed by atoms with Crippen molar-refractivity contribution in [2.24, 2.45) is 28.1 Å². The average molecular weight is 633 g/mol. The van der Waals surface area contributed by atoms with Crippen molar-refractivity contribution in [3.8, 4) is 0 Å². The molecule has 0 amide bonds. The molecule has 4 aliphatic heterocycles. The molecule has 12 nitrogen and oxygen atoms in total. The third-order valence-electron chi connectivity index (χ3n) is 11.6. The Morgan fingerprint density at radius 1 is 0.891 bits per heavy atom. The van der Waals surface area contributed by atoms with Crippen LogP contribution in [0.4, 0.5) is 0 Å². The number of aliphatic hydroxyl groups is 2. The fourth-order valence-electron chi connectivity index (χ4n) is 9.93. The van der Waals surface area contributed by atoms with Gasteiger partial charge < -0.3 is 33.9 Å². The second kappa shape index (κ2) is 8.81. The minimum atomic E-state index is -2.37. The number of aliphatic hydroxyl groups excluding tert-OH is 1. The number of fused-ring (bicyclic) bond motifs is 1. The van der Waals surface area contributed by atoms with Crippen LogP contribution in [-0.4, -0.2) is 81.8 Å². The Balaban J connectivity index is 1.23. The van der Waals surface area contributed by atoms with E-state index in [4.69, 9.17) is 23.7 Å². The molecule has 0 aromatic heterocycles. The molecule has 240 valence electrons. The summed E-state index contributed by atoms with van der Waals surface area (Å²) in [5, 5.41) is 24.5. The smallest absolute Gasteiger partial charge is 0.350 e. The van der Waals surface area contributed by atoms with Gasteiger partial charge in [-0.25, -0.2) is 14.4 Å². The van der Waals surface area contributed by atoms with E-state index in [1.807, 2.05) is 20.8 Å². The van der Waals surface area contributed by atoms with Gasteiger partial charge in [-0.15, -0.1) is 0 Å². The largest absolute Gasteiger partial charge is 0.459 e. The van der Waals surface area contributed by atoms with Gasteiger partial charge in [-0.3, -0.25) is 9.59 Å². The first-order valence-electron chi connectivity index (χ1n) is 15.3. The minimum absolute atomic E-state index is 0.0329. The number of hydrogen-bond donors (Lipinski definition) is 2. The Morgan fingerprint density at radius 3 is 2.17 bits per heavy atom. The Morgan fingerprint density at radius 2 is 1.52 bits per heavy atom. The summed E-state index contributed by atoms with van der Waals surface area (Å²) < 4.78 is 29.5. The van der Waals surface area contributed by atoms with Crippen LogP contribution in [0.15, 0.2) is 54.6 Å². The van der Waals surface area contributed by atoms with Crippen LogP contribution in [-0.2, 0) is 38.1 Å². The van der Waals surface area contributed by atoms with E-state index in [-0.39, 0.29) is 17.8 Å². The molecule has 46 heavy (non-hydrogen) atoms. The summed E-state index contributed by atoms with van der Waals surface area (Å²) in [7, 11) is 0. The topological polar surface area (TPSA) is 172 Å². The average Bonchev–Trinajstić information content (AvgIpc) is 3.75. The van der Waals surface area contributed by atoms with Gasteiger partial charge in [0.2, 0.25) is 18.0 Å². The maximum absolute atomic E-state index is 13.9. The number of esters is 4. The lowest BCUT2D eigenvalue weighted by atomic mass is 9.51. The van der Waals surface area contributed by atoms with Crippen molar-refractivity contribution in [2.45, 2.75) is 76.0 Å². The Labute approximate surface area is 262 Å². The number of ether oxygens (including phenoxy) is 5. The van der Waals surface area contributed by atoms with E-state index >= 15 is 0 Å². The predicted molar refractivity (Wildman–Crippen MR) is 152 cm³/mol. The number of carbonyl (C=O) groups is 5. The van der Waals surface area contributed by atoms with Gasteiger partial charge in [-0.05, 0) is 36.8 Å². The van der Waals surface area contributed by atoms with Crippen molar-refractivity contribution in [3.63, 3.8) is 0 Å². The van der Waals surface area contributed by atoms with Crippen LogP contribution in [0, 0.1) is 28.1 Å².